The summed E-state index contributed by atoms with van der Waals surface area (Å²) >= 11 is 0. The molecule has 0 spiro atoms. The van der Waals surface area contributed by atoms with E-state index in [0.29, 0.717) is 11.8 Å². The van der Waals surface area contributed by atoms with Crippen LogP contribution in [0.1, 0.15) is 26.2 Å². The first-order valence-corrected chi connectivity index (χ1v) is 7.01. The Balaban J connectivity index is 1.90. The molecule has 1 aliphatic heterocycles. The molecular formula is C16H20N2O. The maximum Gasteiger partial charge on any atom is 0.326 e. The molecule has 0 aromatic heterocycles. The second-order valence-corrected chi connectivity index (χ2v) is 5.74. The van der Waals surface area contributed by atoms with Gasteiger partial charge in [-0.15, -0.1) is 0 Å². The number of hydrogen-bond donors (Lipinski definition) is 1. The summed E-state index contributed by atoms with van der Waals surface area (Å²) in [5.74, 6) is 1.09. The number of nitrogens with one attached hydrogen (secondary N) is 1. The number of amides is 2. The summed E-state index contributed by atoms with van der Waals surface area (Å²) < 4.78 is 0. The second kappa shape index (κ2) is 4.72. The topological polar surface area (TPSA) is 32.3 Å². The molecular weight excluding hydrogens is 236 g/mol. The summed E-state index contributed by atoms with van der Waals surface area (Å²) in [5, 5.41) is 3.14. The van der Waals surface area contributed by atoms with Gasteiger partial charge in [0.25, 0.3) is 0 Å². The number of hydrogen-bond acceptors (Lipinski definition) is 1. The number of nitrogens with zero attached hydrogens (tertiary/aromatic N) is 1. The Morgan fingerprint density at radius 1 is 1.26 bits per heavy atom. The third kappa shape index (κ3) is 2.14. The van der Waals surface area contributed by atoms with Crippen molar-refractivity contribution in [2.75, 3.05) is 4.90 Å². The normalized spacial score (nSPS) is 30.8. The smallest absolute Gasteiger partial charge is 0.326 e. The number of benzene rings is 1. The van der Waals surface area contributed by atoms with Crippen molar-refractivity contribution in [3.8, 4) is 0 Å². The minimum Gasteiger partial charge on any atom is -0.334 e. The van der Waals surface area contributed by atoms with E-state index in [1.807, 2.05) is 30.3 Å². The van der Waals surface area contributed by atoms with Gasteiger partial charge in [0.15, 0.2) is 0 Å². The Kier molecular flexibility index (Phi) is 3.05. The van der Waals surface area contributed by atoms with Gasteiger partial charge in [0.2, 0.25) is 0 Å². The monoisotopic (exact) mass is 256 g/mol. The summed E-state index contributed by atoms with van der Waals surface area (Å²) in [6.45, 7) is 6.49. The lowest BCUT2D eigenvalue weighted by atomic mass is 9.76. The Morgan fingerprint density at radius 2 is 2.00 bits per heavy atom. The first-order valence-electron chi connectivity index (χ1n) is 7.01. The van der Waals surface area contributed by atoms with E-state index in [9.17, 15) is 4.79 Å². The van der Waals surface area contributed by atoms with E-state index in [1.165, 1.54) is 6.42 Å². The highest BCUT2D eigenvalue weighted by Gasteiger charge is 2.40. The molecule has 3 nitrogen and oxygen atoms in total. The van der Waals surface area contributed by atoms with Gasteiger partial charge in [-0.3, -0.25) is 4.90 Å². The van der Waals surface area contributed by atoms with Crippen LogP contribution in [0.2, 0.25) is 0 Å². The van der Waals surface area contributed by atoms with Crippen molar-refractivity contribution in [2.45, 2.75) is 32.2 Å². The average Bonchev–Trinajstić information content (AvgIpc) is 2.41. The van der Waals surface area contributed by atoms with Crippen molar-refractivity contribution in [1.29, 1.82) is 0 Å². The van der Waals surface area contributed by atoms with Crippen molar-refractivity contribution in [3.05, 3.63) is 42.6 Å². The molecule has 100 valence electrons. The molecule has 3 rings (SSSR count). The standard InChI is InChI=1S/C16H20N2O/c1-11-8-9-15-14(10-11)12(2)18(16(19)17-15)13-6-4-3-5-7-13/h3-7,11,14-15H,2,8-10H2,1H3,(H,17,19). The fourth-order valence-electron chi connectivity index (χ4n) is 3.30. The second-order valence-electron chi connectivity index (χ2n) is 5.74. The van der Waals surface area contributed by atoms with Crippen LogP contribution in [0.15, 0.2) is 42.6 Å². The molecule has 0 radical (unpaired) electrons. The number of urea groups is 1. The largest absolute Gasteiger partial charge is 0.334 e. The fraction of sp³-hybridized carbons (Fsp3) is 0.438. The predicted molar refractivity (Wildman–Crippen MR) is 76.9 cm³/mol. The molecule has 1 saturated heterocycles. The van der Waals surface area contributed by atoms with E-state index >= 15 is 0 Å². The van der Waals surface area contributed by atoms with Crippen LogP contribution in [0, 0.1) is 11.8 Å². The van der Waals surface area contributed by atoms with Crippen molar-refractivity contribution < 1.29 is 4.79 Å². The molecule has 2 aliphatic rings. The lowest BCUT2D eigenvalue weighted by Gasteiger charge is -2.44. The summed E-state index contributed by atoms with van der Waals surface area (Å²) in [4.78, 5) is 14.0. The predicted octanol–water partition coefficient (Wildman–Crippen LogP) is 3.53. The van der Waals surface area contributed by atoms with Gasteiger partial charge in [-0.05, 0) is 37.3 Å². The third-order valence-electron chi connectivity index (χ3n) is 4.35. The van der Waals surface area contributed by atoms with Crippen molar-refractivity contribution in [3.63, 3.8) is 0 Å². The lowest BCUT2D eigenvalue weighted by Crippen LogP contribution is -2.57. The maximum atomic E-state index is 12.3. The molecule has 1 aromatic carbocycles. The average molecular weight is 256 g/mol. The van der Waals surface area contributed by atoms with E-state index < -0.39 is 0 Å². The Bertz CT molecular complexity index is 497. The number of carbonyl (C=O) groups is 1. The van der Waals surface area contributed by atoms with Crippen LogP contribution in [-0.2, 0) is 0 Å². The van der Waals surface area contributed by atoms with E-state index in [-0.39, 0.29) is 12.1 Å². The van der Waals surface area contributed by atoms with Crippen LogP contribution in [0.4, 0.5) is 10.5 Å². The van der Waals surface area contributed by atoms with Gasteiger partial charge in [-0.25, -0.2) is 4.79 Å². The number of fused-ring (bicyclic) bond motifs is 1. The van der Waals surface area contributed by atoms with Crippen LogP contribution in [-0.4, -0.2) is 12.1 Å². The Morgan fingerprint density at radius 3 is 2.74 bits per heavy atom. The van der Waals surface area contributed by atoms with Crippen molar-refractivity contribution in [1.82, 2.24) is 5.32 Å². The quantitative estimate of drug-likeness (QED) is 0.819. The molecule has 1 aromatic rings. The van der Waals surface area contributed by atoms with Gasteiger partial charge in [-0.2, -0.15) is 0 Å². The van der Waals surface area contributed by atoms with E-state index in [1.54, 1.807) is 4.90 Å². The molecule has 19 heavy (non-hydrogen) atoms. The van der Waals surface area contributed by atoms with Gasteiger partial charge < -0.3 is 5.32 Å². The lowest BCUT2D eigenvalue weighted by molar-refractivity contribution is 0.201. The summed E-state index contributed by atoms with van der Waals surface area (Å²) in [6, 6.07) is 10.0. The van der Waals surface area contributed by atoms with Gasteiger partial charge in [0.1, 0.15) is 0 Å². The van der Waals surface area contributed by atoms with Crippen LogP contribution < -0.4 is 10.2 Å². The number of para-hydroxylation sites is 1. The maximum absolute atomic E-state index is 12.3. The molecule has 1 heterocycles. The molecule has 1 saturated carbocycles. The van der Waals surface area contributed by atoms with E-state index in [2.05, 4.69) is 18.8 Å². The minimum absolute atomic E-state index is 0.0352. The minimum atomic E-state index is -0.0352. The SMILES string of the molecule is C=C1C2CC(C)CCC2NC(=O)N1c1ccccc1. The number of anilines is 1. The Hall–Kier alpha value is -1.77. The molecule has 1 N–H and O–H groups in total. The number of carbonyl (C=O) groups excluding carboxylic acids is 1. The summed E-state index contributed by atoms with van der Waals surface area (Å²) in [7, 11) is 0. The molecule has 1 aliphatic carbocycles. The highest BCUT2D eigenvalue weighted by molar-refractivity contribution is 5.96. The first-order chi connectivity index (χ1) is 9.16. The molecule has 2 amide bonds. The zero-order valence-corrected chi connectivity index (χ0v) is 11.3. The molecule has 3 unspecified atom stereocenters. The van der Waals surface area contributed by atoms with Crippen molar-refractivity contribution >= 4 is 11.7 Å². The highest BCUT2D eigenvalue weighted by atomic mass is 16.2. The van der Waals surface area contributed by atoms with Gasteiger partial charge in [0, 0.05) is 17.7 Å². The molecule has 0 bridgehead atoms. The zero-order valence-electron chi connectivity index (χ0n) is 11.3. The molecule has 3 heteroatoms. The highest BCUT2D eigenvalue weighted by Crippen LogP contribution is 2.38. The zero-order chi connectivity index (χ0) is 13.4. The van der Waals surface area contributed by atoms with Gasteiger partial charge in [-0.1, -0.05) is 31.7 Å². The van der Waals surface area contributed by atoms with Crippen LogP contribution >= 0.6 is 0 Å². The first kappa shape index (κ1) is 12.3. The molecule has 2 fully saturated rings. The summed E-state index contributed by atoms with van der Waals surface area (Å²) in [5.41, 5.74) is 1.85. The van der Waals surface area contributed by atoms with E-state index in [0.717, 1.165) is 24.2 Å². The van der Waals surface area contributed by atoms with E-state index in [4.69, 9.17) is 0 Å². The van der Waals surface area contributed by atoms with Crippen LogP contribution in [0.5, 0.6) is 0 Å². The van der Waals surface area contributed by atoms with Crippen LogP contribution in [0.25, 0.3) is 0 Å². The van der Waals surface area contributed by atoms with Crippen molar-refractivity contribution in [2.24, 2.45) is 11.8 Å². The number of rotatable bonds is 1. The van der Waals surface area contributed by atoms with Gasteiger partial charge >= 0.3 is 6.03 Å². The van der Waals surface area contributed by atoms with Gasteiger partial charge in [0.05, 0.1) is 5.69 Å². The molecule has 3 atom stereocenters. The third-order valence-corrected chi connectivity index (χ3v) is 4.35. The Labute approximate surface area is 114 Å². The van der Waals surface area contributed by atoms with Crippen LogP contribution in [0.3, 0.4) is 0 Å². The summed E-state index contributed by atoms with van der Waals surface area (Å²) in [6.07, 6.45) is 3.38. The fourth-order valence-corrected chi connectivity index (χ4v) is 3.30.